The largest absolute Gasteiger partial charge is 0.478 e. The Balaban J connectivity index is 1.69. The minimum Gasteiger partial charge on any atom is -0.478 e. The average Bonchev–Trinajstić information content (AvgIpc) is 3.15. The van der Waals surface area contributed by atoms with Crippen LogP contribution in [0, 0.1) is 5.41 Å². The molecule has 1 saturated heterocycles. The lowest BCUT2D eigenvalue weighted by Gasteiger charge is -2.16. The van der Waals surface area contributed by atoms with Gasteiger partial charge in [0.2, 0.25) is 5.91 Å². The molecule has 0 aliphatic carbocycles. The van der Waals surface area contributed by atoms with Gasteiger partial charge in [-0.3, -0.25) is 15.1 Å². The van der Waals surface area contributed by atoms with Gasteiger partial charge in [-0.25, -0.2) is 4.79 Å². The van der Waals surface area contributed by atoms with E-state index in [1.165, 1.54) is 28.8 Å². The SMILES string of the molecule is N=C1C(=C2Nc3ccccc3S2)CC(=O)N1c1cccc(C(=O)O)c1. The number of benzene rings is 2. The summed E-state index contributed by atoms with van der Waals surface area (Å²) in [6, 6.07) is 13.9. The molecule has 2 aromatic carbocycles. The van der Waals surface area contributed by atoms with Crippen LogP contribution >= 0.6 is 11.8 Å². The topological polar surface area (TPSA) is 93.5 Å². The Labute approximate surface area is 147 Å². The van der Waals surface area contributed by atoms with Crippen molar-refractivity contribution in [1.29, 1.82) is 5.41 Å². The number of nitrogens with zero attached hydrogens (tertiary/aromatic N) is 1. The third-order valence-electron chi connectivity index (χ3n) is 4.06. The molecular weight excluding hydrogens is 338 g/mol. The minimum atomic E-state index is -1.07. The van der Waals surface area contributed by atoms with Gasteiger partial charge in [-0.1, -0.05) is 30.0 Å². The van der Waals surface area contributed by atoms with Gasteiger partial charge in [0.25, 0.3) is 0 Å². The van der Waals surface area contributed by atoms with Crippen LogP contribution in [0.15, 0.2) is 64.0 Å². The average molecular weight is 351 g/mol. The fourth-order valence-corrected chi connectivity index (χ4v) is 3.91. The van der Waals surface area contributed by atoms with Crippen LogP contribution < -0.4 is 10.2 Å². The van der Waals surface area contributed by atoms with Crippen LogP contribution in [-0.2, 0) is 4.79 Å². The smallest absolute Gasteiger partial charge is 0.335 e. The number of rotatable bonds is 2. The van der Waals surface area contributed by atoms with Crippen LogP contribution in [0.25, 0.3) is 0 Å². The summed E-state index contributed by atoms with van der Waals surface area (Å²) in [5.41, 5.74) is 2.06. The van der Waals surface area contributed by atoms with Gasteiger partial charge in [0.15, 0.2) is 0 Å². The molecule has 3 N–H and O–H groups in total. The van der Waals surface area contributed by atoms with Crippen molar-refractivity contribution >= 4 is 40.8 Å². The van der Waals surface area contributed by atoms with Crippen molar-refractivity contribution in [3.8, 4) is 0 Å². The molecule has 0 saturated carbocycles. The van der Waals surface area contributed by atoms with Crippen LogP contribution in [0.5, 0.6) is 0 Å². The van der Waals surface area contributed by atoms with E-state index in [1.807, 2.05) is 24.3 Å². The van der Waals surface area contributed by atoms with Crippen LogP contribution in [0.3, 0.4) is 0 Å². The number of carbonyl (C=O) groups excluding carboxylic acids is 1. The van der Waals surface area contributed by atoms with Crippen LogP contribution in [-0.4, -0.2) is 22.8 Å². The van der Waals surface area contributed by atoms with E-state index in [1.54, 1.807) is 12.1 Å². The lowest BCUT2D eigenvalue weighted by Crippen LogP contribution is -2.28. The molecule has 0 unspecified atom stereocenters. The highest BCUT2D eigenvalue weighted by Crippen LogP contribution is 2.44. The van der Waals surface area contributed by atoms with E-state index < -0.39 is 5.97 Å². The fourth-order valence-electron chi connectivity index (χ4n) is 2.87. The van der Waals surface area contributed by atoms with E-state index in [9.17, 15) is 9.59 Å². The molecule has 0 atom stereocenters. The predicted molar refractivity (Wildman–Crippen MR) is 96.2 cm³/mol. The Morgan fingerprint density at radius 2 is 2.00 bits per heavy atom. The summed E-state index contributed by atoms with van der Waals surface area (Å²) in [5.74, 6) is -1.23. The summed E-state index contributed by atoms with van der Waals surface area (Å²) in [4.78, 5) is 25.9. The Kier molecular flexibility index (Phi) is 3.58. The lowest BCUT2D eigenvalue weighted by atomic mass is 10.2. The normalized spacial score (nSPS) is 19.1. The maximum atomic E-state index is 12.5. The van der Waals surface area contributed by atoms with E-state index >= 15 is 0 Å². The quantitative estimate of drug-likeness (QED) is 0.770. The third-order valence-corrected chi connectivity index (χ3v) is 5.19. The molecule has 0 bridgehead atoms. The second-order valence-corrected chi connectivity index (χ2v) is 6.69. The van der Waals surface area contributed by atoms with Gasteiger partial charge in [0.05, 0.1) is 28.4 Å². The number of para-hydroxylation sites is 1. The second-order valence-electron chi connectivity index (χ2n) is 5.64. The van der Waals surface area contributed by atoms with E-state index in [4.69, 9.17) is 10.5 Å². The number of hydrogen-bond acceptors (Lipinski definition) is 5. The first-order valence-corrected chi connectivity index (χ1v) is 8.38. The number of nitrogens with one attached hydrogen (secondary N) is 2. The number of amides is 1. The zero-order valence-corrected chi connectivity index (χ0v) is 13.8. The highest BCUT2D eigenvalue weighted by atomic mass is 32.2. The first-order valence-electron chi connectivity index (χ1n) is 7.57. The van der Waals surface area contributed by atoms with Crippen LogP contribution in [0.1, 0.15) is 16.8 Å². The summed E-state index contributed by atoms with van der Waals surface area (Å²) >= 11 is 1.50. The summed E-state index contributed by atoms with van der Waals surface area (Å²) in [5, 5.41) is 21.6. The highest BCUT2D eigenvalue weighted by molar-refractivity contribution is 8.03. The summed E-state index contributed by atoms with van der Waals surface area (Å²) in [6.07, 6.45) is 0.111. The van der Waals surface area contributed by atoms with Crippen molar-refractivity contribution in [2.75, 3.05) is 10.2 Å². The zero-order chi connectivity index (χ0) is 17.6. The number of carbonyl (C=O) groups is 2. The second kappa shape index (κ2) is 5.78. The predicted octanol–water partition coefficient (Wildman–Crippen LogP) is 3.53. The summed E-state index contributed by atoms with van der Waals surface area (Å²) in [7, 11) is 0. The minimum absolute atomic E-state index is 0.0790. The van der Waals surface area contributed by atoms with Crippen molar-refractivity contribution in [2.45, 2.75) is 11.3 Å². The fraction of sp³-hybridized carbons (Fsp3) is 0.0556. The van der Waals surface area contributed by atoms with Gasteiger partial charge in [0.1, 0.15) is 5.84 Å². The molecule has 2 aliphatic rings. The number of hydrogen-bond donors (Lipinski definition) is 3. The van der Waals surface area contributed by atoms with Gasteiger partial charge in [-0.15, -0.1) is 0 Å². The maximum Gasteiger partial charge on any atom is 0.335 e. The van der Waals surface area contributed by atoms with Crippen LogP contribution in [0.2, 0.25) is 0 Å². The summed E-state index contributed by atoms with van der Waals surface area (Å²) in [6.45, 7) is 0. The number of thioether (sulfide) groups is 1. The van der Waals surface area contributed by atoms with Crippen molar-refractivity contribution in [2.24, 2.45) is 0 Å². The van der Waals surface area contributed by atoms with Crippen LogP contribution in [0.4, 0.5) is 11.4 Å². The Morgan fingerprint density at radius 3 is 2.76 bits per heavy atom. The number of carboxylic acids is 1. The molecule has 1 amide bonds. The highest BCUT2D eigenvalue weighted by Gasteiger charge is 2.36. The monoisotopic (exact) mass is 351 g/mol. The standard InChI is InChI=1S/C18H13N3O3S/c19-16-12(17-20-13-6-1-2-7-14(13)25-17)9-15(22)21(16)11-5-3-4-10(8-11)18(23)24/h1-8,19-20H,9H2,(H,23,24). The van der Waals surface area contributed by atoms with E-state index in [-0.39, 0.29) is 23.7 Å². The van der Waals surface area contributed by atoms with E-state index in [2.05, 4.69) is 5.32 Å². The molecule has 7 heteroatoms. The number of anilines is 2. The number of aromatic carboxylic acids is 1. The van der Waals surface area contributed by atoms with Crippen molar-refractivity contribution in [3.05, 3.63) is 64.7 Å². The van der Waals surface area contributed by atoms with Gasteiger partial charge >= 0.3 is 5.97 Å². The first kappa shape index (κ1) is 15.5. The van der Waals surface area contributed by atoms with Gasteiger partial charge < -0.3 is 10.4 Å². The molecule has 25 heavy (non-hydrogen) atoms. The van der Waals surface area contributed by atoms with Crippen molar-refractivity contribution in [1.82, 2.24) is 0 Å². The molecule has 2 heterocycles. The number of fused-ring (bicyclic) bond motifs is 1. The Hall–Kier alpha value is -3.06. The molecule has 6 nitrogen and oxygen atoms in total. The van der Waals surface area contributed by atoms with E-state index in [0.717, 1.165) is 15.6 Å². The van der Waals surface area contributed by atoms with Crippen molar-refractivity contribution < 1.29 is 14.7 Å². The zero-order valence-electron chi connectivity index (χ0n) is 12.9. The number of amidine groups is 1. The lowest BCUT2D eigenvalue weighted by molar-refractivity contribution is -0.116. The Bertz CT molecular complexity index is 941. The molecule has 0 aromatic heterocycles. The maximum absolute atomic E-state index is 12.5. The Morgan fingerprint density at radius 1 is 1.20 bits per heavy atom. The van der Waals surface area contributed by atoms with E-state index in [0.29, 0.717) is 11.3 Å². The van der Waals surface area contributed by atoms with Gasteiger partial charge in [0, 0.05) is 10.5 Å². The molecule has 0 radical (unpaired) electrons. The molecular formula is C18H13N3O3S. The molecule has 124 valence electrons. The number of carboxylic acid groups (broad SMARTS) is 1. The van der Waals surface area contributed by atoms with Gasteiger partial charge in [-0.2, -0.15) is 0 Å². The molecule has 2 aliphatic heterocycles. The molecule has 4 rings (SSSR count). The third kappa shape index (κ3) is 2.58. The molecule has 2 aromatic rings. The summed E-state index contributed by atoms with van der Waals surface area (Å²) < 4.78 is 0. The first-order chi connectivity index (χ1) is 12.0. The molecule has 1 fully saturated rings. The van der Waals surface area contributed by atoms with Crippen molar-refractivity contribution in [3.63, 3.8) is 0 Å². The van der Waals surface area contributed by atoms with Gasteiger partial charge in [-0.05, 0) is 30.3 Å². The molecule has 0 spiro atoms.